The lowest BCUT2D eigenvalue weighted by molar-refractivity contribution is -0.151. The Labute approximate surface area is 182 Å². The SMILES string of the molecule is CCCC(CCC)(C(=O)OCC)c1ccc(OC(CCNC)c2ccccc2)cc1. The van der Waals surface area contributed by atoms with E-state index < -0.39 is 5.41 Å². The van der Waals surface area contributed by atoms with Gasteiger partial charge in [-0.25, -0.2) is 0 Å². The van der Waals surface area contributed by atoms with Gasteiger partial charge >= 0.3 is 5.97 Å². The van der Waals surface area contributed by atoms with Crippen LogP contribution in [0.3, 0.4) is 0 Å². The van der Waals surface area contributed by atoms with E-state index in [0.29, 0.717) is 6.61 Å². The maximum Gasteiger partial charge on any atom is 0.316 e. The third kappa shape index (κ3) is 6.09. The van der Waals surface area contributed by atoms with Crippen molar-refractivity contribution < 1.29 is 14.3 Å². The lowest BCUT2D eigenvalue weighted by Gasteiger charge is -2.32. The number of nitrogens with one attached hydrogen (secondary N) is 1. The Bertz CT molecular complexity index is 737. The molecule has 0 aliphatic heterocycles. The summed E-state index contributed by atoms with van der Waals surface area (Å²) in [6.07, 6.45) is 4.28. The average molecular weight is 412 g/mol. The summed E-state index contributed by atoms with van der Waals surface area (Å²) in [6.45, 7) is 7.38. The molecule has 0 bridgehead atoms. The molecule has 0 radical (unpaired) electrons. The highest BCUT2D eigenvalue weighted by atomic mass is 16.5. The third-order valence-electron chi connectivity index (χ3n) is 5.53. The van der Waals surface area contributed by atoms with E-state index in [1.54, 1.807) is 0 Å². The van der Waals surface area contributed by atoms with E-state index in [4.69, 9.17) is 9.47 Å². The molecular weight excluding hydrogens is 374 g/mol. The van der Waals surface area contributed by atoms with Gasteiger partial charge in [0.2, 0.25) is 0 Å². The number of rotatable bonds is 13. The third-order valence-corrected chi connectivity index (χ3v) is 5.53. The topological polar surface area (TPSA) is 47.6 Å². The van der Waals surface area contributed by atoms with Gasteiger partial charge in [-0.05, 0) is 56.6 Å². The lowest BCUT2D eigenvalue weighted by atomic mass is 9.73. The fraction of sp³-hybridized carbons (Fsp3) is 0.500. The zero-order valence-electron chi connectivity index (χ0n) is 18.9. The first-order chi connectivity index (χ1) is 14.6. The average Bonchev–Trinajstić information content (AvgIpc) is 2.77. The predicted octanol–water partition coefficient (Wildman–Crippen LogP) is 5.82. The maximum atomic E-state index is 13.0. The van der Waals surface area contributed by atoms with Crippen molar-refractivity contribution in [2.75, 3.05) is 20.2 Å². The van der Waals surface area contributed by atoms with E-state index in [1.807, 2.05) is 56.4 Å². The summed E-state index contributed by atoms with van der Waals surface area (Å²) in [7, 11) is 1.95. The van der Waals surface area contributed by atoms with Gasteiger partial charge in [-0.1, -0.05) is 69.2 Å². The molecule has 1 atom stereocenters. The molecule has 4 nitrogen and oxygen atoms in total. The van der Waals surface area contributed by atoms with Crippen LogP contribution in [-0.2, 0) is 14.9 Å². The van der Waals surface area contributed by atoms with Crippen LogP contribution in [0.4, 0.5) is 0 Å². The summed E-state index contributed by atoms with van der Waals surface area (Å²) in [5, 5.41) is 3.20. The van der Waals surface area contributed by atoms with Crippen molar-refractivity contribution >= 4 is 5.97 Å². The van der Waals surface area contributed by atoms with Crippen LogP contribution >= 0.6 is 0 Å². The molecular formula is C26H37NO3. The standard InChI is InChI=1S/C26H37NO3/c1-5-18-26(19-6-2,25(28)29-7-3)22-13-15-23(16-14-22)30-24(17-20-27-4)21-11-9-8-10-12-21/h8-16,24,27H,5-7,17-20H2,1-4H3. The van der Waals surface area contributed by atoms with Gasteiger partial charge in [-0.15, -0.1) is 0 Å². The molecule has 1 unspecified atom stereocenters. The number of carbonyl (C=O) groups excluding carboxylic acids is 1. The quantitative estimate of drug-likeness (QED) is 0.422. The van der Waals surface area contributed by atoms with Crippen molar-refractivity contribution in [1.29, 1.82) is 0 Å². The van der Waals surface area contributed by atoms with Crippen LogP contribution in [0.1, 0.15) is 70.1 Å². The summed E-state index contributed by atoms with van der Waals surface area (Å²) in [6, 6.07) is 18.4. The second-order valence-corrected chi connectivity index (χ2v) is 7.74. The van der Waals surface area contributed by atoms with E-state index in [2.05, 4.69) is 31.3 Å². The van der Waals surface area contributed by atoms with Crippen LogP contribution in [0.15, 0.2) is 54.6 Å². The van der Waals surface area contributed by atoms with Gasteiger partial charge in [0.15, 0.2) is 0 Å². The Hall–Kier alpha value is -2.33. The molecule has 0 amide bonds. The number of hydrogen-bond acceptors (Lipinski definition) is 4. The number of carbonyl (C=O) groups is 1. The largest absolute Gasteiger partial charge is 0.486 e. The van der Waals surface area contributed by atoms with Gasteiger partial charge in [0.25, 0.3) is 0 Å². The fourth-order valence-electron chi connectivity index (χ4n) is 4.11. The Kier molecular flexibility index (Phi) is 9.88. The van der Waals surface area contributed by atoms with E-state index >= 15 is 0 Å². The number of hydrogen-bond donors (Lipinski definition) is 1. The first-order valence-electron chi connectivity index (χ1n) is 11.2. The van der Waals surface area contributed by atoms with Gasteiger partial charge in [0, 0.05) is 6.42 Å². The van der Waals surface area contributed by atoms with Crippen LogP contribution in [0.2, 0.25) is 0 Å². The number of benzene rings is 2. The molecule has 2 rings (SSSR count). The molecule has 1 N–H and O–H groups in total. The molecule has 0 fully saturated rings. The summed E-state index contributed by atoms with van der Waals surface area (Å²) >= 11 is 0. The van der Waals surface area contributed by atoms with Gasteiger partial charge < -0.3 is 14.8 Å². The first kappa shape index (κ1) is 23.9. The van der Waals surface area contributed by atoms with E-state index in [9.17, 15) is 4.79 Å². The number of ether oxygens (including phenoxy) is 2. The van der Waals surface area contributed by atoms with Crippen LogP contribution in [-0.4, -0.2) is 26.2 Å². The zero-order chi connectivity index (χ0) is 21.8. The smallest absolute Gasteiger partial charge is 0.316 e. The molecule has 0 aliphatic rings. The molecule has 0 spiro atoms. The minimum atomic E-state index is -0.580. The molecule has 2 aromatic carbocycles. The summed E-state index contributed by atoms with van der Waals surface area (Å²) in [5.41, 5.74) is 1.60. The summed E-state index contributed by atoms with van der Waals surface area (Å²) < 4.78 is 11.8. The highest BCUT2D eigenvalue weighted by molar-refractivity contribution is 5.83. The molecule has 30 heavy (non-hydrogen) atoms. The molecule has 164 valence electrons. The van der Waals surface area contributed by atoms with Crippen molar-refractivity contribution in [3.8, 4) is 5.75 Å². The summed E-state index contributed by atoms with van der Waals surface area (Å²) in [5.74, 6) is 0.702. The molecule has 0 heterocycles. The molecule has 0 aromatic heterocycles. The summed E-state index contributed by atoms with van der Waals surface area (Å²) in [4.78, 5) is 13.0. The zero-order valence-corrected chi connectivity index (χ0v) is 18.9. The molecule has 0 aliphatic carbocycles. The van der Waals surface area contributed by atoms with Crippen LogP contribution in [0, 0.1) is 0 Å². The van der Waals surface area contributed by atoms with Crippen molar-refractivity contribution in [3.05, 3.63) is 65.7 Å². The maximum absolute atomic E-state index is 13.0. The minimum Gasteiger partial charge on any atom is -0.486 e. The van der Waals surface area contributed by atoms with Gasteiger partial charge in [-0.2, -0.15) is 0 Å². The Balaban J connectivity index is 2.28. The molecule has 2 aromatic rings. The molecule has 4 heteroatoms. The lowest BCUT2D eigenvalue weighted by Crippen LogP contribution is -2.37. The van der Waals surface area contributed by atoms with Crippen molar-refractivity contribution in [1.82, 2.24) is 5.32 Å². The fourth-order valence-corrected chi connectivity index (χ4v) is 4.11. The van der Waals surface area contributed by atoms with Crippen LogP contribution in [0.25, 0.3) is 0 Å². The molecule has 0 saturated heterocycles. The second-order valence-electron chi connectivity index (χ2n) is 7.74. The van der Waals surface area contributed by atoms with Gasteiger partial charge in [0.05, 0.1) is 12.0 Å². The van der Waals surface area contributed by atoms with E-state index in [0.717, 1.165) is 55.5 Å². The van der Waals surface area contributed by atoms with Crippen LogP contribution < -0.4 is 10.1 Å². The Morgan fingerprint density at radius 1 is 0.967 bits per heavy atom. The highest BCUT2D eigenvalue weighted by Crippen LogP contribution is 2.37. The van der Waals surface area contributed by atoms with E-state index in [-0.39, 0.29) is 12.1 Å². The second kappa shape index (κ2) is 12.4. The highest BCUT2D eigenvalue weighted by Gasteiger charge is 2.40. The number of esters is 1. The van der Waals surface area contributed by atoms with E-state index in [1.165, 1.54) is 0 Å². The van der Waals surface area contributed by atoms with Gasteiger partial charge in [-0.3, -0.25) is 4.79 Å². The van der Waals surface area contributed by atoms with Crippen LogP contribution in [0.5, 0.6) is 5.75 Å². The van der Waals surface area contributed by atoms with Crippen molar-refractivity contribution in [3.63, 3.8) is 0 Å². The normalized spacial score (nSPS) is 12.4. The molecule has 0 saturated carbocycles. The monoisotopic (exact) mass is 411 g/mol. The predicted molar refractivity (Wildman–Crippen MR) is 123 cm³/mol. The Morgan fingerprint density at radius 2 is 1.60 bits per heavy atom. The van der Waals surface area contributed by atoms with Crippen molar-refractivity contribution in [2.45, 2.75) is 64.4 Å². The van der Waals surface area contributed by atoms with Crippen molar-refractivity contribution in [2.24, 2.45) is 0 Å². The minimum absolute atomic E-state index is 0.0226. The first-order valence-corrected chi connectivity index (χ1v) is 11.2. The Morgan fingerprint density at radius 3 is 2.13 bits per heavy atom. The van der Waals surface area contributed by atoms with Gasteiger partial charge in [0.1, 0.15) is 11.9 Å².